The van der Waals surface area contributed by atoms with E-state index in [1.54, 1.807) is 20.8 Å². The number of hydrogen-bond acceptors (Lipinski definition) is 5. The number of nitrogens with zero attached hydrogens (tertiary/aromatic N) is 1. The summed E-state index contributed by atoms with van der Waals surface area (Å²) in [4.78, 5) is 40.5. The summed E-state index contributed by atoms with van der Waals surface area (Å²) in [6.45, 7) is 14.2. The molecule has 0 heterocycles. The van der Waals surface area contributed by atoms with Crippen LogP contribution in [0.25, 0.3) is 0 Å². The Balaban J connectivity index is 3.41. The fourth-order valence-corrected chi connectivity index (χ4v) is 3.49. The first-order valence-corrected chi connectivity index (χ1v) is 11.1. The molecule has 3 N–H and O–H groups in total. The average Bonchev–Trinajstić information content (AvgIpc) is 2.65. The molecule has 8 heteroatoms. The van der Waals surface area contributed by atoms with E-state index in [1.807, 2.05) is 52.8 Å². The maximum atomic E-state index is 13.5. The fourth-order valence-electron chi connectivity index (χ4n) is 3.49. The lowest BCUT2D eigenvalue weighted by molar-refractivity contribution is -0.143. The van der Waals surface area contributed by atoms with Gasteiger partial charge in [-0.1, -0.05) is 25.1 Å². The van der Waals surface area contributed by atoms with Crippen LogP contribution in [0.15, 0.2) is 18.2 Å². The third kappa shape index (κ3) is 7.82. The molecular weight excluding hydrogens is 410 g/mol. The van der Waals surface area contributed by atoms with Crippen LogP contribution in [0.3, 0.4) is 0 Å². The second-order valence-corrected chi connectivity index (χ2v) is 9.28. The lowest BCUT2D eigenvalue weighted by Gasteiger charge is -2.35. The van der Waals surface area contributed by atoms with E-state index in [9.17, 15) is 19.5 Å². The largest absolute Gasteiger partial charge is 0.444 e. The highest BCUT2D eigenvalue weighted by atomic mass is 16.6. The number of ether oxygens (including phenoxy) is 1. The summed E-state index contributed by atoms with van der Waals surface area (Å²) in [5, 5.41) is 15.2. The lowest BCUT2D eigenvalue weighted by atomic mass is 9.93. The molecule has 0 spiro atoms. The van der Waals surface area contributed by atoms with Crippen molar-refractivity contribution in [1.82, 2.24) is 15.5 Å². The number of rotatable bonds is 9. The van der Waals surface area contributed by atoms with Crippen molar-refractivity contribution in [3.63, 3.8) is 0 Å². The minimum Gasteiger partial charge on any atom is -0.444 e. The van der Waals surface area contributed by atoms with E-state index in [0.29, 0.717) is 6.42 Å². The van der Waals surface area contributed by atoms with E-state index in [0.717, 1.165) is 16.7 Å². The molecule has 180 valence electrons. The summed E-state index contributed by atoms with van der Waals surface area (Å²) in [6, 6.07) is 3.43. The number of nitrogens with one attached hydrogen (secondary N) is 2. The number of hydrogen-bond donors (Lipinski definition) is 3. The van der Waals surface area contributed by atoms with Crippen LogP contribution in [0, 0.1) is 13.8 Å². The van der Waals surface area contributed by atoms with Crippen molar-refractivity contribution in [2.24, 2.45) is 0 Å². The van der Waals surface area contributed by atoms with Crippen LogP contribution in [0.5, 0.6) is 0 Å². The van der Waals surface area contributed by atoms with Crippen LogP contribution < -0.4 is 10.6 Å². The van der Waals surface area contributed by atoms with Crippen molar-refractivity contribution in [3.8, 4) is 0 Å². The molecule has 0 aliphatic rings. The predicted molar refractivity (Wildman–Crippen MR) is 124 cm³/mol. The van der Waals surface area contributed by atoms with Gasteiger partial charge in [0.25, 0.3) is 0 Å². The Kier molecular flexibility index (Phi) is 10.2. The molecule has 32 heavy (non-hydrogen) atoms. The van der Waals surface area contributed by atoms with Gasteiger partial charge >= 0.3 is 6.09 Å². The van der Waals surface area contributed by atoms with E-state index in [2.05, 4.69) is 10.6 Å². The van der Waals surface area contributed by atoms with Crippen molar-refractivity contribution < 1.29 is 24.2 Å². The van der Waals surface area contributed by atoms with Crippen molar-refractivity contribution in [2.75, 3.05) is 13.2 Å². The number of amides is 3. The summed E-state index contributed by atoms with van der Waals surface area (Å²) in [6.07, 6.45) is -0.219. The minimum absolute atomic E-state index is 0.124. The van der Waals surface area contributed by atoms with Crippen LogP contribution in [0.1, 0.15) is 70.7 Å². The third-order valence-corrected chi connectivity index (χ3v) is 4.73. The summed E-state index contributed by atoms with van der Waals surface area (Å²) in [5.41, 5.74) is 1.74. The number of aryl methyl sites for hydroxylation is 2. The molecule has 0 saturated heterocycles. The van der Waals surface area contributed by atoms with Gasteiger partial charge in [-0.3, -0.25) is 9.59 Å². The van der Waals surface area contributed by atoms with Crippen molar-refractivity contribution in [3.05, 3.63) is 34.9 Å². The average molecular weight is 450 g/mol. The molecule has 0 saturated carbocycles. The van der Waals surface area contributed by atoms with Gasteiger partial charge in [0, 0.05) is 12.6 Å². The maximum absolute atomic E-state index is 13.5. The Bertz CT molecular complexity index is 781. The van der Waals surface area contributed by atoms with Crippen LogP contribution in [-0.2, 0) is 14.3 Å². The van der Waals surface area contributed by atoms with Gasteiger partial charge in [-0.05, 0) is 71.6 Å². The molecule has 2 atom stereocenters. The fraction of sp³-hybridized carbons (Fsp3) is 0.625. The number of carbonyl (C=O) groups excluding carboxylic acids is 3. The zero-order chi connectivity index (χ0) is 24.6. The highest BCUT2D eigenvalue weighted by molar-refractivity contribution is 5.92. The first kappa shape index (κ1) is 27.4. The molecule has 0 aliphatic heterocycles. The predicted octanol–water partition coefficient (Wildman–Crippen LogP) is 2.99. The maximum Gasteiger partial charge on any atom is 0.408 e. The summed E-state index contributed by atoms with van der Waals surface area (Å²) in [5.74, 6) is -0.861. The van der Waals surface area contributed by atoms with Gasteiger partial charge in [0.15, 0.2) is 0 Å². The van der Waals surface area contributed by atoms with E-state index >= 15 is 0 Å². The van der Waals surface area contributed by atoms with Gasteiger partial charge in [-0.2, -0.15) is 0 Å². The molecule has 3 amide bonds. The Hall–Kier alpha value is -2.61. The molecule has 8 nitrogen and oxygen atoms in total. The Morgan fingerprint density at radius 2 is 1.66 bits per heavy atom. The standard InChI is InChI=1S/C24H39N3O5/c1-9-13-27(22(30)18(14-28)26-23(31)32-24(6,7)8)20(21(29)25-15(2)3)19-16(4)11-10-12-17(19)5/h10-12,15,18,20,28H,9,13-14H2,1-8H3,(H,25,29)(H,26,31). The third-order valence-electron chi connectivity index (χ3n) is 4.73. The first-order chi connectivity index (χ1) is 14.8. The van der Waals surface area contributed by atoms with Crippen LogP contribution >= 0.6 is 0 Å². The molecular formula is C24H39N3O5. The number of benzene rings is 1. The van der Waals surface area contributed by atoms with Crippen molar-refractivity contribution in [2.45, 2.75) is 85.5 Å². The van der Waals surface area contributed by atoms with E-state index < -0.39 is 36.3 Å². The van der Waals surface area contributed by atoms with Gasteiger partial charge < -0.3 is 25.4 Å². The molecule has 0 radical (unpaired) electrons. The molecule has 0 fully saturated rings. The number of alkyl carbamates (subject to hydrolysis) is 1. The summed E-state index contributed by atoms with van der Waals surface area (Å²) >= 11 is 0. The Labute approximate surface area is 191 Å². The molecule has 0 bridgehead atoms. The molecule has 1 rings (SSSR count). The minimum atomic E-state index is -1.24. The van der Waals surface area contributed by atoms with Gasteiger partial charge in [-0.15, -0.1) is 0 Å². The normalized spacial score (nSPS) is 13.3. The topological polar surface area (TPSA) is 108 Å². The highest BCUT2D eigenvalue weighted by Gasteiger charge is 2.37. The zero-order valence-electron chi connectivity index (χ0n) is 20.6. The van der Waals surface area contributed by atoms with Gasteiger partial charge in [0.05, 0.1) is 6.61 Å². The second kappa shape index (κ2) is 11.9. The monoisotopic (exact) mass is 449 g/mol. The number of aliphatic hydroxyl groups excluding tert-OH is 1. The number of aliphatic hydroxyl groups is 1. The van der Waals surface area contributed by atoms with Crippen molar-refractivity contribution in [1.29, 1.82) is 0 Å². The molecule has 2 unspecified atom stereocenters. The first-order valence-electron chi connectivity index (χ1n) is 11.1. The van der Waals surface area contributed by atoms with Crippen LogP contribution in [0.4, 0.5) is 4.79 Å². The zero-order valence-corrected chi connectivity index (χ0v) is 20.6. The Morgan fingerprint density at radius 1 is 1.09 bits per heavy atom. The van der Waals surface area contributed by atoms with Crippen molar-refractivity contribution >= 4 is 17.9 Å². The number of carbonyl (C=O) groups is 3. The highest BCUT2D eigenvalue weighted by Crippen LogP contribution is 2.29. The molecule has 0 aliphatic carbocycles. The summed E-state index contributed by atoms with van der Waals surface area (Å²) < 4.78 is 5.23. The van der Waals surface area contributed by atoms with Crippen LogP contribution in [0.2, 0.25) is 0 Å². The molecule has 0 aromatic heterocycles. The second-order valence-electron chi connectivity index (χ2n) is 9.28. The Morgan fingerprint density at radius 3 is 2.09 bits per heavy atom. The van der Waals surface area contributed by atoms with E-state index in [-0.39, 0.29) is 18.5 Å². The summed E-state index contributed by atoms with van der Waals surface area (Å²) in [7, 11) is 0. The lowest BCUT2D eigenvalue weighted by Crippen LogP contribution is -2.55. The quantitative estimate of drug-likeness (QED) is 0.537. The van der Waals surface area contributed by atoms with E-state index in [4.69, 9.17) is 4.74 Å². The SMILES string of the molecule is CCCN(C(=O)C(CO)NC(=O)OC(C)(C)C)C(C(=O)NC(C)C)c1c(C)cccc1C. The van der Waals surface area contributed by atoms with E-state index in [1.165, 1.54) is 4.90 Å². The van der Waals surface area contributed by atoms with Crippen LogP contribution in [-0.4, -0.2) is 58.8 Å². The molecule has 1 aromatic rings. The molecule has 1 aromatic carbocycles. The smallest absolute Gasteiger partial charge is 0.408 e. The van der Waals surface area contributed by atoms with Gasteiger partial charge in [0.2, 0.25) is 11.8 Å². The van der Waals surface area contributed by atoms with Gasteiger partial charge in [0.1, 0.15) is 17.7 Å². The van der Waals surface area contributed by atoms with Gasteiger partial charge in [-0.25, -0.2) is 4.79 Å².